The second-order valence-corrected chi connectivity index (χ2v) is 3.94. The first kappa shape index (κ1) is 11.8. The molecule has 0 spiro atoms. The van der Waals surface area contributed by atoms with Gasteiger partial charge in [-0.2, -0.15) is 0 Å². The van der Waals surface area contributed by atoms with Crippen molar-refractivity contribution < 1.29 is 0 Å². The molecule has 2 aromatic rings. The fourth-order valence-corrected chi connectivity index (χ4v) is 1.56. The molecule has 3 nitrogen and oxygen atoms in total. The summed E-state index contributed by atoms with van der Waals surface area (Å²) < 4.78 is 0. The van der Waals surface area contributed by atoms with E-state index < -0.39 is 0 Å². The molecule has 0 amide bonds. The summed E-state index contributed by atoms with van der Waals surface area (Å²) in [6.07, 6.45) is 2.37. The summed E-state index contributed by atoms with van der Waals surface area (Å²) >= 11 is 5.80. The average Bonchev–Trinajstić information content (AvgIpc) is 2.34. The Morgan fingerprint density at radius 1 is 1.35 bits per heavy atom. The standard InChI is InChI=1S/C13H12ClN3/c1-15-7-3-2-4-10-5-6-11-12(8-10)17-13(14)9-16-11/h5-6,8-9,15H,3,7H2,1H3. The lowest BCUT2D eigenvalue weighted by Crippen LogP contribution is -2.05. The van der Waals surface area contributed by atoms with Gasteiger partial charge in [-0.25, -0.2) is 4.98 Å². The van der Waals surface area contributed by atoms with Crippen LogP contribution in [0.3, 0.4) is 0 Å². The maximum Gasteiger partial charge on any atom is 0.148 e. The second-order valence-electron chi connectivity index (χ2n) is 3.55. The number of nitrogens with zero attached hydrogens (tertiary/aromatic N) is 2. The Morgan fingerprint density at radius 3 is 3.06 bits per heavy atom. The highest BCUT2D eigenvalue weighted by Gasteiger charge is 1.98. The fourth-order valence-electron chi connectivity index (χ4n) is 1.42. The van der Waals surface area contributed by atoms with Crippen molar-refractivity contribution in [3.8, 4) is 11.8 Å². The minimum absolute atomic E-state index is 0.401. The van der Waals surface area contributed by atoms with Gasteiger partial charge in [-0.1, -0.05) is 23.4 Å². The zero-order chi connectivity index (χ0) is 12.1. The number of hydrogen-bond acceptors (Lipinski definition) is 3. The van der Waals surface area contributed by atoms with E-state index in [9.17, 15) is 0 Å². The second kappa shape index (κ2) is 5.62. The molecule has 1 aromatic heterocycles. The molecular formula is C13H12ClN3. The molecule has 0 atom stereocenters. The summed E-state index contributed by atoms with van der Waals surface area (Å²) in [7, 11) is 1.91. The Bertz CT molecular complexity index is 584. The third kappa shape index (κ3) is 3.16. The van der Waals surface area contributed by atoms with Gasteiger partial charge in [0, 0.05) is 18.5 Å². The van der Waals surface area contributed by atoms with Crippen molar-refractivity contribution in [3.05, 3.63) is 35.1 Å². The summed E-state index contributed by atoms with van der Waals surface area (Å²) in [5.41, 5.74) is 2.54. The largest absolute Gasteiger partial charge is 0.319 e. The van der Waals surface area contributed by atoms with Gasteiger partial charge < -0.3 is 5.32 Å². The Balaban J connectivity index is 2.26. The molecule has 0 aliphatic rings. The van der Waals surface area contributed by atoms with Crippen LogP contribution in [0.2, 0.25) is 5.15 Å². The lowest BCUT2D eigenvalue weighted by Gasteiger charge is -1.97. The highest BCUT2D eigenvalue weighted by molar-refractivity contribution is 6.29. The van der Waals surface area contributed by atoms with Gasteiger partial charge in [0.2, 0.25) is 0 Å². The highest BCUT2D eigenvalue weighted by Crippen LogP contribution is 2.13. The molecule has 1 heterocycles. The molecule has 1 N–H and O–H groups in total. The monoisotopic (exact) mass is 245 g/mol. The predicted octanol–water partition coefficient (Wildman–Crippen LogP) is 2.24. The van der Waals surface area contributed by atoms with E-state index in [2.05, 4.69) is 27.1 Å². The van der Waals surface area contributed by atoms with Gasteiger partial charge in [-0.15, -0.1) is 0 Å². The van der Waals surface area contributed by atoms with Crippen LogP contribution in [-0.4, -0.2) is 23.6 Å². The van der Waals surface area contributed by atoms with Gasteiger partial charge in [-0.05, 0) is 25.2 Å². The smallest absolute Gasteiger partial charge is 0.148 e. The quantitative estimate of drug-likeness (QED) is 0.651. The van der Waals surface area contributed by atoms with Crippen molar-refractivity contribution in [1.29, 1.82) is 0 Å². The van der Waals surface area contributed by atoms with Crippen LogP contribution in [-0.2, 0) is 0 Å². The summed E-state index contributed by atoms with van der Waals surface area (Å²) in [6.45, 7) is 0.895. The summed E-state index contributed by atoms with van der Waals surface area (Å²) in [6, 6.07) is 5.75. The Morgan fingerprint density at radius 2 is 2.24 bits per heavy atom. The van der Waals surface area contributed by atoms with Gasteiger partial charge in [0.25, 0.3) is 0 Å². The van der Waals surface area contributed by atoms with E-state index >= 15 is 0 Å². The van der Waals surface area contributed by atoms with Crippen molar-refractivity contribution in [3.63, 3.8) is 0 Å². The van der Waals surface area contributed by atoms with Crippen LogP contribution < -0.4 is 5.32 Å². The van der Waals surface area contributed by atoms with Gasteiger partial charge in [0.1, 0.15) is 5.15 Å². The van der Waals surface area contributed by atoms with Gasteiger partial charge in [0.05, 0.1) is 17.2 Å². The lowest BCUT2D eigenvalue weighted by atomic mass is 10.2. The van der Waals surface area contributed by atoms with Gasteiger partial charge in [-0.3, -0.25) is 4.98 Å². The molecule has 2 rings (SSSR count). The first-order chi connectivity index (χ1) is 8.29. The van der Waals surface area contributed by atoms with Crippen LogP contribution in [0, 0.1) is 11.8 Å². The fraction of sp³-hybridized carbons (Fsp3) is 0.231. The maximum atomic E-state index is 5.80. The number of hydrogen-bond donors (Lipinski definition) is 1. The molecular weight excluding hydrogens is 234 g/mol. The van der Waals surface area contributed by atoms with Gasteiger partial charge in [0.15, 0.2) is 0 Å². The molecule has 17 heavy (non-hydrogen) atoms. The van der Waals surface area contributed by atoms with E-state index in [0.717, 1.165) is 29.6 Å². The first-order valence-electron chi connectivity index (χ1n) is 5.35. The Labute approximate surface area is 105 Å². The third-order valence-corrected chi connectivity index (χ3v) is 2.43. The normalized spacial score (nSPS) is 10.0. The topological polar surface area (TPSA) is 37.8 Å². The van der Waals surface area contributed by atoms with Crippen molar-refractivity contribution in [1.82, 2.24) is 15.3 Å². The molecule has 0 saturated carbocycles. The van der Waals surface area contributed by atoms with Crippen LogP contribution >= 0.6 is 11.6 Å². The summed E-state index contributed by atoms with van der Waals surface area (Å²) in [5.74, 6) is 6.18. The van der Waals surface area contributed by atoms with E-state index in [1.54, 1.807) is 6.20 Å². The number of nitrogens with one attached hydrogen (secondary N) is 1. The van der Waals surface area contributed by atoms with E-state index in [1.807, 2.05) is 25.2 Å². The Hall–Kier alpha value is -1.63. The molecule has 0 aliphatic heterocycles. The molecule has 4 heteroatoms. The maximum absolute atomic E-state index is 5.80. The predicted molar refractivity (Wildman–Crippen MR) is 70.0 cm³/mol. The van der Waals surface area contributed by atoms with E-state index in [0.29, 0.717) is 5.15 Å². The number of rotatable bonds is 2. The number of halogens is 1. The molecule has 0 unspecified atom stereocenters. The molecule has 0 radical (unpaired) electrons. The van der Waals surface area contributed by atoms with Gasteiger partial charge >= 0.3 is 0 Å². The van der Waals surface area contributed by atoms with E-state index in [4.69, 9.17) is 11.6 Å². The van der Waals surface area contributed by atoms with Crippen LogP contribution in [0.4, 0.5) is 0 Å². The average molecular weight is 246 g/mol. The molecule has 86 valence electrons. The molecule has 0 aliphatic carbocycles. The first-order valence-corrected chi connectivity index (χ1v) is 5.73. The van der Waals surface area contributed by atoms with E-state index in [1.165, 1.54) is 0 Å². The van der Waals surface area contributed by atoms with Crippen molar-refractivity contribution >= 4 is 22.6 Å². The zero-order valence-electron chi connectivity index (χ0n) is 9.50. The lowest BCUT2D eigenvalue weighted by molar-refractivity contribution is 0.818. The van der Waals surface area contributed by atoms with Crippen LogP contribution in [0.25, 0.3) is 11.0 Å². The van der Waals surface area contributed by atoms with Crippen LogP contribution in [0.5, 0.6) is 0 Å². The molecule has 0 saturated heterocycles. The molecule has 1 aromatic carbocycles. The number of fused-ring (bicyclic) bond motifs is 1. The zero-order valence-corrected chi connectivity index (χ0v) is 10.3. The minimum Gasteiger partial charge on any atom is -0.319 e. The van der Waals surface area contributed by atoms with Crippen LogP contribution in [0.15, 0.2) is 24.4 Å². The molecule has 0 bridgehead atoms. The van der Waals surface area contributed by atoms with Crippen molar-refractivity contribution in [2.75, 3.05) is 13.6 Å². The number of benzene rings is 1. The molecule has 0 fully saturated rings. The van der Waals surface area contributed by atoms with Crippen LogP contribution in [0.1, 0.15) is 12.0 Å². The van der Waals surface area contributed by atoms with Crippen molar-refractivity contribution in [2.45, 2.75) is 6.42 Å². The minimum atomic E-state index is 0.401. The Kier molecular flexibility index (Phi) is 3.92. The third-order valence-electron chi connectivity index (χ3n) is 2.25. The number of aromatic nitrogens is 2. The summed E-state index contributed by atoms with van der Waals surface area (Å²) in [4.78, 5) is 8.38. The summed E-state index contributed by atoms with van der Waals surface area (Å²) in [5, 5.41) is 3.45. The van der Waals surface area contributed by atoms with Crippen molar-refractivity contribution in [2.24, 2.45) is 0 Å². The highest BCUT2D eigenvalue weighted by atomic mass is 35.5. The van der Waals surface area contributed by atoms with E-state index in [-0.39, 0.29) is 0 Å². The SMILES string of the molecule is CNCCC#Cc1ccc2ncc(Cl)nc2c1.